The number of nitrogens with zero attached hydrogens (tertiary/aromatic N) is 1. The van der Waals surface area contributed by atoms with E-state index in [0.717, 1.165) is 29.7 Å². The fourth-order valence-electron chi connectivity index (χ4n) is 3.88. The molecule has 6 nitrogen and oxygen atoms in total. The number of carbonyl (C=O) groups excluding carboxylic acids is 3. The van der Waals surface area contributed by atoms with Crippen LogP contribution in [-0.2, 0) is 16.0 Å². The van der Waals surface area contributed by atoms with Gasteiger partial charge >= 0.3 is 6.03 Å². The zero-order valence-electron chi connectivity index (χ0n) is 14.9. The highest BCUT2D eigenvalue weighted by Gasteiger charge is 2.55. The average molecular weight is 361 g/mol. The maximum absolute atomic E-state index is 13.1. The first-order valence-corrected chi connectivity index (χ1v) is 9.07. The van der Waals surface area contributed by atoms with Crippen molar-refractivity contribution >= 4 is 17.8 Å². The van der Waals surface area contributed by atoms with Crippen molar-refractivity contribution in [1.82, 2.24) is 15.5 Å². The number of hydrogen-bond acceptors (Lipinski definition) is 3. The molecule has 1 heterocycles. The van der Waals surface area contributed by atoms with Crippen LogP contribution >= 0.6 is 0 Å². The molecular weight excluding hydrogens is 337 g/mol. The largest absolute Gasteiger partial charge is 0.354 e. The van der Waals surface area contributed by atoms with Gasteiger partial charge in [0.1, 0.15) is 17.9 Å². The van der Waals surface area contributed by atoms with Gasteiger partial charge in [-0.15, -0.1) is 0 Å². The zero-order valence-corrected chi connectivity index (χ0v) is 14.9. The normalized spacial score (nSPS) is 25.5. The molecule has 2 aliphatic rings. The highest BCUT2D eigenvalue weighted by atomic mass is 19.1. The van der Waals surface area contributed by atoms with Crippen LogP contribution in [0.25, 0.3) is 0 Å². The van der Waals surface area contributed by atoms with E-state index in [0.29, 0.717) is 19.4 Å². The van der Waals surface area contributed by atoms with Gasteiger partial charge in [-0.05, 0) is 42.9 Å². The molecule has 7 heteroatoms. The Morgan fingerprint density at radius 2 is 2.19 bits per heavy atom. The van der Waals surface area contributed by atoms with Crippen LogP contribution in [-0.4, -0.2) is 41.4 Å². The topological polar surface area (TPSA) is 78.5 Å². The standard InChI is InChI=1S/C19H24FN3O3/c1-13-5-2-3-9-19(13)17(25)23(18(26)22-19)12-16(24)21-10-8-14-6-4-7-15(20)11-14/h4,6-7,11,13H,2-3,5,8-10,12H2,1H3,(H,21,24)(H,22,26). The fourth-order valence-corrected chi connectivity index (χ4v) is 3.88. The van der Waals surface area contributed by atoms with Crippen LogP contribution in [0.4, 0.5) is 9.18 Å². The summed E-state index contributed by atoms with van der Waals surface area (Å²) in [5, 5.41) is 5.51. The number of benzene rings is 1. The summed E-state index contributed by atoms with van der Waals surface area (Å²) in [6.45, 7) is 2.00. The molecule has 1 saturated carbocycles. The Labute approximate surface area is 152 Å². The van der Waals surface area contributed by atoms with Crippen LogP contribution < -0.4 is 10.6 Å². The van der Waals surface area contributed by atoms with Crippen molar-refractivity contribution in [2.75, 3.05) is 13.1 Å². The quantitative estimate of drug-likeness (QED) is 0.787. The number of urea groups is 1. The van der Waals surface area contributed by atoms with Crippen LogP contribution in [0.2, 0.25) is 0 Å². The monoisotopic (exact) mass is 361 g/mol. The Bertz CT molecular complexity index is 724. The summed E-state index contributed by atoms with van der Waals surface area (Å²) in [6, 6.07) is 5.68. The van der Waals surface area contributed by atoms with Gasteiger partial charge in [-0.3, -0.25) is 14.5 Å². The van der Waals surface area contributed by atoms with Crippen LogP contribution in [0.5, 0.6) is 0 Å². The molecule has 1 aromatic carbocycles. The third kappa shape index (κ3) is 3.57. The second kappa shape index (κ2) is 7.43. The predicted octanol–water partition coefficient (Wildman–Crippen LogP) is 1.99. The molecular formula is C19H24FN3O3. The van der Waals surface area contributed by atoms with Crippen molar-refractivity contribution in [3.63, 3.8) is 0 Å². The van der Waals surface area contributed by atoms with Gasteiger partial charge in [-0.1, -0.05) is 31.9 Å². The lowest BCUT2D eigenvalue weighted by molar-refractivity contribution is -0.137. The lowest BCUT2D eigenvalue weighted by Gasteiger charge is -2.36. The van der Waals surface area contributed by atoms with Crippen molar-refractivity contribution in [2.24, 2.45) is 5.92 Å². The molecule has 0 radical (unpaired) electrons. The first-order valence-electron chi connectivity index (χ1n) is 9.07. The van der Waals surface area contributed by atoms with Crippen LogP contribution in [0.3, 0.4) is 0 Å². The highest BCUT2D eigenvalue weighted by molar-refractivity contribution is 6.09. The Balaban J connectivity index is 1.54. The second-order valence-corrected chi connectivity index (χ2v) is 7.17. The Kier molecular flexibility index (Phi) is 5.25. The molecule has 1 spiro atoms. The molecule has 2 fully saturated rings. The third-order valence-corrected chi connectivity index (χ3v) is 5.43. The summed E-state index contributed by atoms with van der Waals surface area (Å²) in [6.07, 6.45) is 3.93. The van der Waals surface area contributed by atoms with E-state index >= 15 is 0 Å². The molecule has 2 unspecified atom stereocenters. The van der Waals surface area contributed by atoms with Gasteiger partial charge in [-0.25, -0.2) is 9.18 Å². The number of halogens is 1. The molecule has 0 bridgehead atoms. The van der Waals surface area contributed by atoms with Crippen molar-refractivity contribution in [3.05, 3.63) is 35.6 Å². The van der Waals surface area contributed by atoms with Crippen LogP contribution in [0.1, 0.15) is 38.2 Å². The van der Waals surface area contributed by atoms with Gasteiger partial charge < -0.3 is 10.6 Å². The number of carbonyl (C=O) groups is 3. The van der Waals surface area contributed by atoms with Crippen molar-refractivity contribution < 1.29 is 18.8 Å². The SMILES string of the molecule is CC1CCCCC12NC(=O)N(CC(=O)NCCc1cccc(F)c1)C2=O. The van der Waals surface area contributed by atoms with E-state index in [1.54, 1.807) is 12.1 Å². The smallest absolute Gasteiger partial charge is 0.325 e. The fraction of sp³-hybridized carbons (Fsp3) is 0.526. The minimum absolute atomic E-state index is 0.0636. The number of hydrogen-bond donors (Lipinski definition) is 2. The molecule has 0 aromatic heterocycles. The van der Waals surface area contributed by atoms with Gasteiger partial charge in [0.15, 0.2) is 0 Å². The maximum atomic E-state index is 13.1. The summed E-state index contributed by atoms with van der Waals surface area (Å²) in [7, 11) is 0. The molecule has 140 valence electrons. The van der Waals surface area contributed by atoms with Crippen LogP contribution in [0.15, 0.2) is 24.3 Å². The highest BCUT2D eigenvalue weighted by Crippen LogP contribution is 2.38. The van der Waals surface area contributed by atoms with E-state index in [1.807, 2.05) is 6.92 Å². The summed E-state index contributed by atoms with van der Waals surface area (Å²) < 4.78 is 13.1. The number of nitrogens with one attached hydrogen (secondary N) is 2. The maximum Gasteiger partial charge on any atom is 0.325 e. The van der Waals surface area contributed by atoms with E-state index < -0.39 is 17.5 Å². The molecule has 2 atom stereocenters. The minimum Gasteiger partial charge on any atom is -0.354 e. The van der Waals surface area contributed by atoms with Gasteiger partial charge in [0.2, 0.25) is 5.91 Å². The number of rotatable bonds is 5. The predicted molar refractivity (Wildman–Crippen MR) is 93.7 cm³/mol. The molecule has 4 amide bonds. The Morgan fingerprint density at radius 3 is 2.92 bits per heavy atom. The first-order chi connectivity index (χ1) is 12.4. The van der Waals surface area contributed by atoms with E-state index in [2.05, 4.69) is 10.6 Å². The van der Waals surface area contributed by atoms with E-state index in [4.69, 9.17) is 0 Å². The van der Waals surface area contributed by atoms with E-state index in [1.165, 1.54) is 12.1 Å². The molecule has 2 N–H and O–H groups in total. The Hall–Kier alpha value is -2.44. The first kappa shape index (κ1) is 18.4. The lowest BCUT2D eigenvalue weighted by Crippen LogP contribution is -2.54. The number of imide groups is 1. The van der Waals surface area contributed by atoms with Gasteiger partial charge in [0, 0.05) is 6.54 Å². The van der Waals surface area contributed by atoms with Crippen molar-refractivity contribution in [3.8, 4) is 0 Å². The van der Waals surface area contributed by atoms with Gasteiger partial charge in [-0.2, -0.15) is 0 Å². The minimum atomic E-state index is -0.850. The number of amides is 4. The second-order valence-electron chi connectivity index (χ2n) is 7.17. The average Bonchev–Trinajstić information content (AvgIpc) is 2.83. The lowest BCUT2D eigenvalue weighted by atomic mass is 9.73. The molecule has 1 aliphatic carbocycles. The van der Waals surface area contributed by atoms with E-state index in [-0.39, 0.29) is 24.2 Å². The summed E-state index contributed by atoms with van der Waals surface area (Å²) in [4.78, 5) is 38.2. The molecule has 1 aromatic rings. The Morgan fingerprint density at radius 1 is 1.38 bits per heavy atom. The van der Waals surface area contributed by atoms with E-state index in [9.17, 15) is 18.8 Å². The summed E-state index contributed by atoms with van der Waals surface area (Å²) >= 11 is 0. The van der Waals surface area contributed by atoms with Crippen LogP contribution in [0, 0.1) is 11.7 Å². The van der Waals surface area contributed by atoms with Gasteiger partial charge in [0.05, 0.1) is 0 Å². The molecule has 3 rings (SSSR count). The summed E-state index contributed by atoms with van der Waals surface area (Å²) in [5.74, 6) is -0.950. The third-order valence-electron chi connectivity index (χ3n) is 5.43. The van der Waals surface area contributed by atoms with Gasteiger partial charge in [0.25, 0.3) is 5.91 Å². The van der Waals surface area contributed by atoms with Crippen molar-refractivity contribution in [2.45, 2.75) is 44.6 Å². The summed E-state index contributed by atoms with van der Waals surface area (Å²) in [5.41, 5.74) is -0.0766. The molecule has 1 saturated heterocycles. The molecule has 1 aliphatic heterocycles. The van der Waals surface area contributed by atoms with Crippen molar-refractivity contribution in [1.29, 1.82) is 0 Å². The zero-order chi connectivity index (χ0) is 18.7. The molecule has 26 heavy (non-hydrogen) atoms.